The Morgan fingerprint density at radius 1 is 0.731 bits per heavy atom. The second-order valence-corrected chi connectivity index (χ2v) is 7.10. The normalized spacial score (nSPS) is 13.3. The molecule has 1 heteroatoms. The van der Waals surface area contributed by atoms with Gasteiger partial charge in [0.05, 0.1) is 0 Å². The van der Waals surface area contributed by atoms with E-state index in [9.17, 15) is 5.11 Å². The Hall–Kier alpha value is -1.86. The zero-order valence-corrected chi connectivity index (χ0v) is 16.5. The number of rotatable bonds is 11. The fraction of sp³-hybridized carbons (Fsp3) is 0.440. The van der Waals surface area contributed by atoms with Gasteiger partial charge in [-0.15, -0.1) is 0 Å². The van der Waals surface area contributed by atoms with Gasteiger partial charge in [0, 0.05) is 0 Å². The Balaban J connectivity index is 2.42. The quantitative estimate of drug-likeness (QED) is 0.420. The molecule has 0 aliphatic heterocycles. The van der Waals surface area contributed by atoms with Crippen LogP contribution in [-0.4, -0.2) is 5.11 Å². The van der Waals surface area contributed by atoms with Crippen LogP contribution in [0.4, 0.5) is 0 Å². The molecule has 2 aromatic carbocycles. The van der Waals surface area contributed by atoms with E-state index in [0.717, 1.165) is 24.8 Å². The van der Waals surface area contributed by atoms with Gasteiger partial charge in [-0.2, -0.15) is 0 Å². The molecule has 26 heavy (non-hydrogen) atoms. The van der Waals surface area contributed by atoms with Crippen molar-refractivity contribution in [2.45, 2.75) is 71.3 Å². The Kier molecular flexibility index (Phi) is 9.20. The predicted molar refractivity (Wildman–Crippen MR) is 113 cm³/mol. The molecule has 0 heterocycles. The molecular formula is C25H34O. The first kappa shape index (κ1) is 20.5. The summed E-state index contributed by atoms with van der Waals surface area (Å²) in [5.41, 5.74) is 4.84. The maximum Gasteiger partial charge on any atom is 0.101 e. The van der Waals surface area contributed by atoms with Gasteiger partial charge in [0.25, 0.3) is 0 Å². The number of aliphatic hydroxyl groups excluding tert-OH is 1. The molecule has 1 atom stereocenters. The first-order valence-corrected chi connectivity index (χ1v) is 10.3. The molecule has 1 N–H and O–H groups in total. The van der Waals surface area contributed by atoms with E-state index in [1.54, 1.807) is 0 Å². The minimum Gasteiger partial charge on any atom is -0.384 e. The van der Waals surface area contributed by atoms with Crippen molar-refractivity contribution in [1.82, 2.24) is 0 Å². The summed E-state index contributed by atoms with van der Waals surface area (Å²) in [6, 6.07) is 20.8. The minimum absolute atomic E-state index is 0.509. The number of aliphatic hydroxyl groups is 1. The van der Waals surface area contributed by atoms with Crippen LogP contribution in [0.25, 0.3) is 5.57 Å². The number of unbranched alkanes of at least 4 members (excludes halogenated alkanes) is 4. The summed E-state index contributed by atoms with van der Waals surface area (Å²) in [5.74, 6) is 0. The third kappa shape index (κ3) is 6.14. The molecule has 0 bridgehead atoms. The molecule has 0 aliphatic rings. The Labute approximate surface area is 159 Å². The van der Waals surface area contributed by atoms with Crippen molar-refractivity contribution >= 4 is 5.57 Å². The fourth-order valence-corrected chi connectivity index (χ4v) is 3.54. The van der Waals surface area contributed by atoms with Gasteiger partial charge >= 0.3 is 0 Å². The smallest absolute Gasteiger partial charge is 0.101 e. The maximum atomic E-state index is 11.2. The van der Waals surface area contributed by atoms with Crippen molar-refractivity contribution in [3.8, 4) is 0 Å². The lowest BCUT2D eigenvalue weighted by atomic mass is 9.87. The molecule has 0 saturated heterocycles. The van der Waals surface area contributed by atoms with Crippen molar-refractivity contribution in [3.63, 3.8) is 0 Å². The second-order valence-electron chi connectivity index (χ2n) is 7.10. The molecule has 0 amide bonds. The third-order valence-electron chi connectivity index (χ3n) is 5.04. The number of benzene rings is 2. The van der Waals surface area contributed by atoms with Crippen LogP contribution in [0, 0.1) is 0 Å². The molecule has 0 spiro atoms. The lowest BCUT2D eigenvalue weighted by Crippen LogP contribution is -2.06. The largest absolute Gasteiger partial charge is 0.384 e. The van der Waals surface area contributed by atoms with Crippen LogP contribution in [0.2, 0.25) is 0 Å². The van der Waals surface area contributed by atoms with Crippen molar-refractivity contribution in [2.75, 3.05) is 0 Å². The van der Waals surface area contributed by atoms with Gasteiger partial charge in [-0.3, -0.25) is 0 Å². The highest BCUT2D eigenvalue weighted by Crippen LogP contribution is 2.35. The van der Waals surface area contributed by atoms with Crippen molar-refractivity contribution in [3.05, 3.63) is 77.4 Å². The standard InChI is InChI=1S/C25H34O/c1-3-5-9-19-23(21-15-11-7-12-16-21)24(20-10-6-4-2)25(26)22-17-13-8-14-18-22/h7-8,11-18,25-26H,3-6,9-10,19-20H2,1-2H3/b24-23-. The number of allylic oxidation sites excluding steroid dienone is 1. The summed E-state index contributed by atoms with van der Waals surface area (Å²) in [5, 5.41) is 11.2. The highest BCUT2D eigenvalue weighted by molar-refractivity contribution is 5.69. The summed E-state index contributed by atoms with van der Waals surface area (Å²) in [4.78, 5) is 0. The average Bonchev–Trinajstić information content (AvgIpc) is 2.70. The third-order valence-corrected chi connectivity index (χ3v) is 5.04. The SMILES string of the molecule is CCCCC/C(=C(\CCCCC)C(O)c1ccccc1)c1ccccc1. The first-order valence-electron chi connectivity index (χ1n) is 10.3. The highest BCUT2D eigenvalue weighted by atomic mass is 16.3. The van der Waals surface area contributed by atoms with Crippen LogP contribution in [0.15, 0.2) is 66.2 Å². The molecule has 1 nitrogen and oxygen atoms in total. The van der Waals surface area contributed by atoms with E-state index >= 15 is 0 Å². The van der Waals surface area contributed by atoms with Crippen molar-refractivity contribution in [2.24, 2.45) is 0 Å². The Morgan fingerprint density at radius 3 is 1.85 bits per heavy atom. The topological polar surface area (TPSA) is 20.2 Å². The van der Waals surface area contributed by atoms with E-state index in [4.69, 9.17) is 0 Å². The molecule has 2 aromatic rings. The van der Waals surface area contributed by atoms with E-state index in [1.165, 1.54) is 48.8 Å². The van der Waals surface area contributed by atoms with Gasteiger partial charge < -0.3 is 5.11 Å². The molecule has 0 fully saturated rings. The molecule has 1 unspecified atom stereocenters. The monoisotopic (exact) mass is 350 g/mol. The maximum absolute atomic E-state index is 11.2. The van der Waals surface area contributed by atoms with E-state index < -0.39 is 6.10 Å². The lowest BCUT2D eigenvalue weighted by molar-refractivity contribution is 0.211. The fourth-order valence-electron chi connectivity index (χ4n) is 3.54. The van der Waals surface area contributed by atoms with Crippen molar-refractivity contribution in [1.29, 1.82) is 0 Å². The molecule has 0 aromatic heterocycles. The van der Waals surface area contributed by atoms with Crippen molar-refractivity contribution < 1.29 is 5.11 Å². The zero-order chi connectivity index (χ0) is 18.6. The Morgan fingerprint density at radius 2 is 1.27 bits per heavy atom. The summed E-state index contributed by atoms with van der Waals surface area (Å²) in [6.45, 7) is 4.48. The van der Waals surface area contributed by atoms with Crippen LogP contribution in [0.3, 0.4) is 0 Å². The summed E-state index contributed by atoms with van der Waals surface area (Å²) < 4.78 is 0. The minimum atomic E-state index is -0.509. The molecule has 2 rings (SSSR count). The number of hydrogen-bond donors (Lipinski definition) is 1. The van der Waals surface area contributed by atoms with Crippen LogP contribution in [0.1, 0.15) is 82.4 Å². The second kappa shape index (κ2) is 11.7. The average molecular weight is 351 g/mol. The van der Waals surface area contributed by atoms with Crippen LogP contribution >= 0.6 is 0 Å². The molecule has 0 saturated carbocycles. The van der Waals surface area contributed by atoms with Gasteiger partial charge in [0.2, 0.25) is 0 Å². The van der Waals surface area contributed by atoms with E-state index in [1.807, 2.05) is 30.3 Å². The molecule has 140 valence electrons. The summed E-state index contributed by atoms with van der Waals surface area (Å²) >= 11 is 0. The number of hydrogen-bond acceptors (Lipinski definition) is 1. The molecular weight excluding hydrogens is 316 g/mol. The van der Waals surface area contributed by atoms with E-state index in [2.05, 4.69) is 44.2 Å². The van der Waals surface area contributed by atoms with Crippen LogP contribution in [0.5, 0.6) is 0 Å². The van der Waals surface area contributed by atoms with Gasteiger partial charge in [-0.1, -0.05) is 100 Å². The summed E-state index contributed by atoms with van der Waals surface area (Å²) in [6.07, 6.45) is 8.69. The van der Waals surface area contributed by atoms with Gasteiger partial charge in [0.15, 0.2) is 0 Å². The van der Waals surface area contributed by atoms with Gasteiger partial charge in [-0.05, 0) is 48.0 Å². The molecule has 0 radical (unpaired) electrons. The van der Waals surface area contributed by atoms with Crippen LogP contribution < -0.4 is 0 Å². The lowest BCUT2D eigenvalue weighted by Gasteiger charge is -2.22. The van der Waals surface area contributed by atoms with Gasteiger partial charge in [0.1, 0.15) is 6.10 Å². The summed E-state index contributed by atoms with van der Waals surface area (Å²) in [7, 11) is 0. The highest BCUT2D eigenvalue weighted by Gasteiger charge is 2.18. The molecule has 0 aliphatic carbocycles. The predicted octanol–water partition coefficient (Wildman–Crippen LogP) is 7.33. The van der Waals surface area contributed by atoms with E-state index in [-0.39, 0.29) is 0 Å². The Bertz CT molecular complexity index is 642. The zero-order valence-electron chi connectivity index (χ0n) is 16.5. The van der Waals surface area contributed by atoms with Gasteiger partial charge in [-0.25, -0.2) is 0 Å². The van der Waals surface area contributed by atoms with E-state index in [0.29, 0.717) is 0 Å². The first-order chi connectivity index (χ1) is 12.8. The van der Waals surface area contributed by atoms with Crippen LogP contribution in [-0.2, 0) is 0 Å².